The third kappa shape index (κ3) is 7.33. The van der Waals surface area contributed by atoms with Crippen molar-refractivity contribution in [2.24, 2.45) is 0 Å². The van der Waals surface area contributed by atoms with Crippen LogP contribution in [0.2, 0.25) is 10.0 Å². The Kier molecular flexibility index (Phi) is 10.2. The second-order valence-electron chi connectivity index (χ2n) is 9.14. The third-order valence-corrected chi connectivity index (χ3v) is 8.01. The first kappa shape index (κ1) is 30.7. The number of urea groups is 1. The Morgan fingerprint density at radius 2 is 1.83 bits per heavy atom. The summed E-state index contributed by atoms with van der Waals surface area (Å²) in [6.07, 6.45) is 1.68. The molecule has 0 spiro atoms. The summed E-state index contributed by atoms with van der Waals surface area (Å²) in [6.45, 7) is 8.06. The van der Waals surface area contributed by atoms with Gasteiger partial charge in [-0.25, -0.2) is 13.7 Å². The average Bonchev–Trinajstić information content (AvgIpc) is 3.35. The van der Waals surface area contributed by atoms with Gasteiger partial charge in [0.05, 0.1) is 15.6 Å². The highest BCUT2D eigenvalue weighted by atomic mass is 35.5. The minimum absolute atomic E-state index is 0.0694. The number of benzene rings is 3. The van der Waals surface area contributed by atoms with E-state index < -0.39 is 17.3 Å². The highest BCUT2D eigenvalue weighted by Crippen LogP contribution is 2.39. The van der Waals surface area contributed by atoms with E-state index in [1.165, 1.54) is 11.4 Å². The van der Waals surface area contributed by atoms with Gasteiger partial charge in [-0.3, -0.25) is 8.86 Å². The van der Waals surface area contributed by atoms with Crippen molar-refractivity contribution in [3.05, 3.63) is 94.2 Å². The molecule has 2 amide bonds. The number of hydrogen-bond acceptors (Lipinski definition) is 6. The van der Waals surface area contributed by atoms with Crippen LogP contribution in [-0.4, -0.2) is 31.3 Å². The molecule has 0 aliphatic rings. The van der Waals surface area contributed by atoms with Crippen molar-refractivity contribution in [3.8, 4) is 28.1 Å². The number of carbonyl (C=O) groups is 1. The van der Waals surface area contributed by atoms with Crippen molar-refractivity contribution in [3.63, 3.8) is 0 Å². The van der Waals surface area contributed by atoms with Crippen molar-refractivity contribution in [1.82, 2.24) is 14.2 Å². The van der Waals surface area contributed by atoms with Crippen molar-refractivity contribution in [1.29, 1.82) is 0 Å². The molecule has 1 heterocycles. The summed E-state index contributed by atoms with van der Waals surface area (Å²) in [5, 5.41) is 5.22. The molecule has 12 heteroatoms. The zero-order valence-corrected chi connectivity index (χ0v) is 25.5. The molecule has 2 N–H and O–H groups in total. The number of nitrogens with one attached hydrogen (secondary N) is 1. The summed E-state index contributed by atoms with van der Waals surface area (Å²) in [6, 6.07) is 17.9. The van der Waals surface area contributed by atoms with E-state index in [2.05, 4.69) is 11.7 Å². The molecule has 0 aliphatic carbocycles. The van der Waals surface area contributed by atoms with E-state index in [0.717, 1.165) is 39.1 Å². The first-order chi connectivity index (χ1) is 19.6. The molecule has 1 atom stereocenters. The molecule has 8 nitrogen and oxygen atoms in total. The molecule has 4 aromatic rings. The zero-order chi connectivity index (χ0) is 29.7. The van der Waals surface area contributed by atoms with Crippen LogP contribution < -0.4 is 9.46 Å². The first-order valence-electron chi connectivity index (χ1n) is 12.3. The SMILES string of the molecule is C=Cc1ccc(-c2ccc(OCc3c(-c4c(Cl)cccc4Cl)noc3C(C)C)cc2)cc1SN(C)C(=O)NS(=O)O. The zero-order valence-electron chi connectivity index (χ0n) is 22.4. The fourth-order valence-electron chi connectivity index (χ4n) is 4.02. The molecule has 214 valence electrons. The molecule has 0 saturated carbocycles. The van der Waals surface area contributed by atoms with Gasteiger partial charge in [0.2, 0.25) is 0 Å². The molecule has 41 heavy (non-hydrogen) atoms. The summed E-state index contributed by atoms with van der Waals surface area (Å²) < 4.78 is 34.8. The van der Waals surface area contributed by atoms with Crippen LogP contribution >= 0.6 is 35.1 Å². The lowest BCUT2D eigenvalue weighted by atomic mass is 10.0. The van der Waals surface area contributed by atoms with Gasteiger partial charge in [-0.1, -0.05) is 85.2 Å². The Hall–Kier alpha value is -3.28. The Morgan fingerprint density at radius 3 is 2.44 bits per heavy atom. The first-order valence-corrected chi connectivity index (χ1v) is 15.0. The second kappa shape index (κ2) is 13.6. The van der Waals surface area contributed by atoms with E-state index in [1.807, 2.05) is 61.0 Å². The maximum Gasteiger partial charge on any atom is 0.340 e. The molecule has 1 unspecified atom stereocenters. The van der Waals surface area contributed by atoms with Crippen molar-refractivity contribution >= 4 is 58.5 Å². The molecular formula is C29H27Cl2N3O5S2. The molecule has 0 aliphatic heterocycles. The van der Waals surface area contributed by atoms with Gasteiger partial charge in [0.1, 0.15) is 23.8 Å². The summed E-state index contributed by atoms with van der Waals surface area (Å²) in [5.74, 6) is 1.41. The lowest BCUT2D eigenvalue weighted by Gasteiger charge is -2.17. The van der Waals surface area contributed by atoms with Crippen molar-refractivity contribution in [2.75, 3.05) is 7.05 Å². The van der Waals surface area contributed by atoms with E-state index in [9.17, 15) is 9.00 Å². The summed E-state index contributed by atoms with van der Waals surface area (Å²) in [7, 11) is 1.50. The normalized spacial score (nSPS) is 11.8. The number of rotatable bonds is 10. The van der Waals surface area contributed by atoms with Crippen molar-refractivity contribution < 1.29 is 22.8 Å². The highest BCUT2D eigenvalue weighted by Gasteiger charge is 2.24. The molecule has 1 aromatic heterocycles. The molecule has 0 bridgehead atoms. The standard InChI is InChI=1S/C29H27Cl2N3O5S2/c1-5-18-9-10-20(15-25(18)40-34(4)29(35)33-41(36)37)19-11-13-21(14-12-19)38-16-22-27(32-39-28(22)17(2)3)26-23(30)7-6-8-24(26)31/h5-15,17H,1,16H2,2-4H3,(H,33,35)(H,36,37). The number of nitrogens with zero attached hydrogens (tertiary/aromatic N) is 2. The number of aromatic nitrogens is 1. The quantitative estimate of drug-likeness (QED) is 0.134. The molecule has 0 radical (unpaired) electrons. The van der Waals surface area contributed by atoms with Gasteiger partial charge in [0.25, 0.3) is 11.3 Å². The number of amides is 2. The molecule has 4 rings (SSSR count). The van der Waals surface area contributed by atoms with Crippen LogP contribution in [0, 0.1) is 0 Å². The van der Waals surface area contributed by atoms with E-state index in [0.29, 0.717) is 32.8 Å². The minimum atomic E-state index is -2.45. The smallest absolute Gasteiger partial charge is 0.340 e. The van der Waals surface area contributed by atoms with Gasteiger partial charge in [0.15, 0.2) is 0 Å². The van der Waals surface area contributed by atoms with Crippen LogP contribution in [0.3, 0.4) is 0 Å². The Labute approximate surface area is 255 Å². The van der Waals surface area contributed by atoms with E-state index in [-0.39, 0.29) is 12.5 Å². The number of ether oxygens (including phenoxy) is 1. The molecule has 0 saturated heterocycles. The predicted octanol–water partition coefficient (Wildman–Crippen LogP) is 8.45. The maximum atomic E-state index is 12.1. The van der Waals surface area contributed by atoms with E-state index in [4.69, 9.17) is 37.0 Å². The van der Waals surface area contributed by atoms with Gasteiger partial charge < -0.3 is 9.26 Å². The van der Waals surface area contributed by atoms with Crippen LogP contribution in [0.15, 0.2) is 76.7 Å². The largest absolute Gasteiger partial charge is 0.489 e. The highest BCUT2D eigenvalue weighted by molar-refractivity contribution is 7.97. The van der Waals surface area contributed by atoms with Gasteiger partial charge >= 0.3 is 6.03 Å². The van der Waals surface area contributed by atoms with E-state index in [1.54, 1.807) is 24.3 Å². The lowest BCUT2D eigenvalue weighted by molar-refractivity contribution is 0.236. The van der Waals surface area contributed by atoms with Crippen LogP contribution in [0.25, 0.3) is 28.5 Å². The topological polar surface area (TPSA) is 105 Å². The molecule has 0 fully saturated rings. The number of hydrogen-bond donors (Lipinski definition) is 2. The van der Waals surface area contributed by atoms with Crippen LogP contribution in [0.1, 0.15) is 36.7 Å². The summed E-state index contributed by atoms with van der Waals surface area (Å²) in [5.41, 5.74) is 4.57. The second-order valence-corrected chi connectivity index (χ2v) is 11.8. The van der Waals surface area contributed by atoms with Crippen LogP contribution in [0.4, 0.5) is 4.79 Å². The fourth-order valence-corrected chi connectivity index (χ4v) is 5.80. The fraction of sp³-hybridized carbons (Fsp3) is 0.172. The lowest BCUT2D eigenvalue weighted by Crippen LogP contribution is -2.33. The third-order valence-electron chi connectivity index (χ3n) is 6.04. The van der Waals surface area contributed by atoms with Crippen LogP contribution in [0.5, 0.6) is 5.75 Å². The minimum Gasteiger partial charge on any atom is -0.489 e. The number of halogens is 2. The van der Waals surface area contributed by atoms with Gasteiger partial charge in [-0.2, -0.15) is 0 Å². The van der Waals surface area contributed by atoms with E-state index >= 15 is 0 Å². The van der Waals surface area contributed by atoms with Gasteiger partial charge in [-0.15, -0.1) is 0 Å². The Bertz CT molecular complexity index is 1570. The van der Waals surface area contributed by atoms with Gasteiger partial charge in [0, 0.05) is 23.4 Å². The Morgan fingerprint density at radius 1 is 1.17 bits per heavy atom. The summed E-state index contributed by atoms with van der Waals surface area (Å²) >= 11 is 11.6. The van der Waals surface area contributed by atoms with Crippen molar-refractivity contribution in [2.45, 2.75) is 31.3 Å². The number of carbonyl (C=O) groups excluding carboxylic acids is 1. The van der Waals surface area contributed by atoms with Crippen LogP contribution in [-0.2, 0) is 17.9 Å². The maximum absolute atomic E-state index is 12.1. The molecular weight excluding hydrogens is 605 g/mol. The predicted molar refractivity (Wildman–Crippen MR) is 165 cm³/mol. The Balaban J connectivity index is 1.54. The summed E-state index contributed by atoms with van der Waals surface area (Å²) in [4.78, 5) is 12.8. The monoisotopic (exact) mass is 631 g/mol. The average molecular weight is 633 g/mol. The van der Waals surface area contributed by atoms with Gasteiger partial charge in [-0.05, 0) is 59.0 Å². The molecule has 3 aromatic carbocycles.